The molecule has 0 radical (unpaired) electrons. The summed E-state index contributed by atoms with van der Waals surface area (Å²) in [7, 11) is 0. The van der Waals surface area contributed by atoms with E-state index in [1.807, 2.05) is 57.4 Å². The van der Waals surface area contributed by atoms with Crippen LogP contribution in [0.5, 0.6) is 0 Å². The monoisotopic (exact) mass is 483 g/mol. The summed E-state index contributed by atoms with van der Waals surface area (Å²) in [6, 6.07) is 10.2. The lowest BCUT2D eigenvalue weighted by Crippen LogP contribution is -2.33. The lowest BCUT2D eigenvalue weighted by atomic mass is 9.87. The number of hydrogen-bond donors (Lipinski definition) is 1. The molecule has 1 saturated carbocycles. The second kappa shape index (κ2) is 12.8. The molecular formula is C28H41N3O4. The summed E-state index contributed by atoms with van der Waals surface area (Å²) in [6.07, 6.45) is 10.2. The molecule has 3 rings (SSSR count). The number of nitrogens with zero attached hydrogens (tertiary/aromatic N) is 2. The lowest BCUT2D eigenvalue weighted by molar-refractivity contribution is -0.150. The van der Waals surface area contributed by atoms with Crippen LogP contribution in [0.25, 0.3) is 0 Å². The number of rotatable bonds is 10. The SMILES string of the molecule is CC(C)(C)OC(=O)NCCCC(Cc1cn([C@H]2CC[C@H](C)CC2)cn1)C(=O)OCc1ccccc1. The number of amides is 1. The number of hydrogen-bond acceptors (Lipinski definition) is 5. The summed E-state index contributed by atoms with van der Waals surface area (Å²) in [5, 5.41) is 2.77. The summed E-state index contributed by atoms with van der Waals surface area (Å²) in [6.45, 7) is 8.50. The van der Waals surface area contributed by atoms with Crippen LogP contribution in [-0.2, 0) is 27.3 Å². The molecule has 0 aliphatic heterocycles. The Labute approximate surface area is 209 Å². The van der Waals surface area contributed by atoms with E-state index in [-0.39, 0.29) is 18.5 Å². The fraction of sp³-hybridized carbons (Fsp3) is 0.607. The van der Waals surface area contributed by atoms with E-state index in [9.17, 15) is 9.59 Å². The first-order valence-electron chi connectivity index (χ1n) is 12.9. The summed E-state index contributed by atoms with van der Waals surface area (Å²) >= 11 is 0. The van der Waals surface area contributed by atoms with E-state index in [0.717, 1.165) is 17.2 Å². The molecule has 192 valence electrons. The quantitative estimate of drug-likeness (QED) is 0.339. The fourth-order valence-corrected chi connectivity index (χ4v) is 4.48. The van der Waals surface area contributed by atoms with Gasteiger partial charge >= 0.3 is 12.1 Å². The normalized spacial score (nSPS) is 19.1. The molecule has 7 nitrogen and oxygen atoms in total. The van der Waals surface area contributed by atoms with E-state index >= 15 is 0 Å². The first kappa shape index (κ1) is 26.8. The number of carbonyl (C=O) groups is 2. The molecule has 1 amide bonds. The van der Waals surface area contributed by atoms with Gasteiger partial charge in [0.2, 0.25) is 0 Å². The lowest BCUT2D eigenvalue weighted by Gasteiger charge is -2.26. The zero-order valence-corrected chi connectivity index (χ0v) is 21.7. The third-order valence-corrected chi connectivity index (χ3v) is 6.47. The molecule has 1 atom stereocenters. The van der Waals surface area contributed by atoms with Gasteiger partial charge in [0.1, 0.15) is 12.2 Å². The summed E-state index contributed by atoms with van der Waals surface area (Å²) in [4.78, 5) is 29.5. The zero-order valence-electron chi connectivity index (χ0n) is 21.7. The van der Waals surface area contributed by atoms with Crippen molar-refractivity contribution in [3.05, 3.63) is 54.1 Å². The van der Waals surface area contributed by atoms with Crippen LogP contribution in [-0.4, -0.2) is 33.8 Å². The van der Waals surface area contributed by atoms with Gasteiger partial charge in [-0.3, -0.25) is 4.79 Å². The topological polar surface area (TPSA) is 82.5 Å². The molecule has 0 saturated heterocycles. The molecule has 1 N–H and O–H groups in total. The van der Waals surface area contributed by atoms with Gasteiger partial charge in [0.15, 0.2) is 0 Å². The van der Waals surface area contributed by atoms with Crippen LogP contribution in [0.1, 0.15) is 83.5 Å². The van der Waals surface area contributed by atoms with Crippen LogP contribution in [0.4, 0.5) is 4.79 Å². The van der Waals surface area contributed by atoms with Gasteiger partial charge in [-0.15, -0.1) is 0 Å². The van der Waals surface area contributed by atoms with Gasteiger partial charge in [-0.1, -0.05) is 37.3 Å². The molecule has 2 aromatic rings. The smallest absolute Gasteiger partial charge is 0.407 e. The van der Waals surface area contributed by atoms with Crippen LogP contribution >= 0.6 is 0 Å². The van der Waals surface area contributed by atoms with Crippen molar-refractivity contribution in [3.8, 4) is 0 Å². The summed E-state index contributed by atoms with van der Waals surface area (Å²) in [5.41, 5.74) is 1.33. The predicted molar refractivity (Wildman–Crippen MR) is 136 cm³/mol. The van der Waals surface area contributed by atoms with Gasteiger partial charge in [-0.05, 0) is 70.8 Å². The highest BCUT2D eigenvalue weighted by Gasteiger charge is 2.24. The molecule has 1 aromatic carbocycles. The molecular weight excluding hydrogens is 442 g/mol. The summed E-state index contributed by atoms with van der Waals surface area (Å²) in [5.74, 6) is 0.244. The van der Waals surface area contributed by atoms with E-state index in [1.165, 1.54) is 25.7 Å². The van der Waals surface area contributed by atoms with Crippen LogP contribution in [0.2, 0.25) is 0 Å². The number of benzene rings is 1. The average Bonchev–Trinajstić information content (AvgIpc) is 3.28. The maximum atomic E-state index is 13.0. The van der Waals surface area contributed by atoms with Crippen molar-refractivity contribution < 1.29 is 19.1 Å². The molecule has 1 aromatic heterocycles. The van der Waals surface area contributed by atoms with E-state index in [1.54, 1.807) is 0 Å². The Hall–Kier alpha value is -2.83. The standard InChI is InChI=1S/C28H41N3O4/c1-21-12-14-25(15-13-21)31-18-24(30-20-31)17-23(11-8-16-29-27(33)35-28(2,3)4)26(32)34-19-22-9-6-5-7-10-22/h5-7,9-10,18,20-21,23,25H,8,11-17,19H2,1-4H3,(H,29,33)/t21-,23?,25-. The second-order valence-electron chi connectivity index (χ2n) is 10.8. The maximum absolute atomic E-state index is 13.0. The van der Waals surface area contributed by atoms with Gasteiger partial charge in [0.05, 0.1) is 17.9 Å². The van der Waals surface area contributed by atoms with Crippen molar-refractivity contribution >= 4 is 12.1 Å². The Morgan fingerprint density at radius 1 is 1.14 bits per heavy atom. The van der Waals surface area contributed by atoms with Gasteiger partial charge in [-0.25, -0.2) is 9.78 Å². The molecule has 1 heterocycles. The highest BCUT2D eigenvalue weighted by atomic mass is 16.6. The van der Waals surface area contributed by atoms with Crippen molar-refractivity contribution in [2.45, 2.75) is 90.9 Å². The number of imidazole rings is 1. The van der Waals surface area contributed by atoms with Gasteiger partial charge in [0.25, 0.3) is 0 Å². The number of nitrogens with one attached hydrogen (secondary N) is 1. The zero-order chi connectivity index (χ0) is 25.3. The largest absolute Gasteiger partial charge is 0.461 e. The van der Waals surface area contributed by atoms with Crippen molar-refractivity contribution in [1.29, 1.82) is 0 Å². The van der Waals surface area contributed by atoms with Crippen molar-refractivity contribution in [2.75, 3.05) is 6.54 Å². The minimum Gasteiger partial charge on any atom is -0.461 e. The Morgan fingerprint density at radius 2 is 1.86 bits per heavy atom. The highest BCUT2D eigenvalue weighted by Crippen LogP contribution is 2.32. The van der Waals surface area contributed by atoms with Crippen LogP contribution in [0, 0.1) is 11.8 Å². The predicted octanol–water partition coefficient (Wildman–Crippen LogP) is 5.84. The van der Waals surface area contributed by atoms with Crippen molar-refractivity contribution in [2.24, 2.45) is 11.8 Å². The minimum absolute atomic E-state index is 0.229. The van der Waals surface area contributed by atoms with Crippen LogP contribution in [0.15, 0.2) is 42.9 Å². The summed E-state index contributed by atoms with van der Waals surface area (Å²) < 4.78 is 13.2. The van der Waals surface area contributed by atoms with Gasteiger partial charge < -0.3 is 19.4 Å². The molecule has 35 heavy (non-hydrogen) atoms. The average molecular weight is 484 g/mol. The Bertz CT molecular complexity index is 927. The third kappa shape index (κ3) is 9.38. The van der Waals surface area contributed by atoms with E-state index in [4.69, 9.17) is 9.47 Å². The number of carbonyl (C=O) groups excluding carboxylic acids is 2. The first-order chi connectivity index (χ1) is 16.7. The third-order valence-electron chi connectivity index (χ3n) is 6.47. The molecule has 1 fully saturated rings. The Morgan fingerprint density at radius 3 is 2.54 bits per heavy atom. The number of aromatic nitrogens is 2. The highest BCUT2D eigenvalue weighted by molar-refractivity contribution is 5.72. The number of esters is 1. The molecule has 1 aliphatic carbocycles. The maximum Gasteiger partial charge on any atom is 0.407 e. The molecule has 1 unspecified atom stereocenters. The van der Waals surface area contributed by atoms with Gasteiger partial charge in [-0.2, -0.15) is 0 Å². The van der Waals surface area contributed by atoms with Crippen molar-refractivity contribution in [3.63, 3.8) is 0 Å². The minimum atomic E-state index is -0.539. The van der Waals surface area contributed by atoms with Crippen LogP contribution in [0.3, 0.4) is 0 Å². The fourth-order valence-electron chi connectivity index (χ4n) is 4.48. The van der Waals surface area contributed by atoms with E-state index in [0.29, 0.717) is 31.8 Å². The first-order valence-corrected chi connectivity index (χ1v) is 12.9. The number of ether oxygens (including phenoxy) is 2. The molecule has 7 heteroatoms. The van der Waals surface area contributed by atoms with E-state index < -0.39 is 11.7 Å². The molecule has 0 spiro atoms. The van der Waals surface area contributed by atoms with E-state index in [2.05, 4.69) is 28.0 Å². The number of alkyl carbamates (subject to hydrolysis) is 1. The molecule has 0 bridgehead atoms. The Balaban J connectivity index is 1.56. The van der Waals surface area contributed by atoms with Crippen molar-refractivity contribution in [1.82, 2.24) is 14.9 Å². The van der Waals surface area contributed by atoms with Gasteiger partial charge in [0, 0.05) is 25.2 Å². The molecule has 1 aliphatic rings. The van der Waals surface area contributed by atoms with Crippen LogP contribution < -0.4 is 5.32 Å². The second-order valence-corrected chi connectivity index (χ2v) is 10.8. The Kier molecular flexibility index (Phi) is 9.75.